The minimum absolute atomic E-state index is 0.0217. The Morgan fingerprint density at radius 1 is 0.969 bits per heavy atom. The normalized spacial score (nSPS) is 16.2. The number of benzene rings is 2. The van der Waals surface area contributed by atoms with Crippen LogP contribution in [0.4, 0.5) is 13.2 Å². The molecular weight excluding hydrogens is 413 g/mol. The van der Waals surface area contributed by atoms with Crippen LogP contribution < -0.4 is 0 Å². The van der Waals surface area contributed by atoms with E-state index in [1.54, 1.807) is 0 Å². The van der Waals surface area contributed by atoms with E-state index in [4.69, 9.17) is 4.98 Å². The Hall–Kier alpha value is -3.38. The molecule has 0 radical (unpaired) electrons. The minimum atomic E-state index is -4.37. The average Bonchev–Trinajstić information content (AvgIpc) is 2.79. The van der Waals surface area contributed by atoms with Gasteiger partial charge in [-0.25, -0.2) is 0 Å². The highest BCUT2D eigenvalue weighted by molar-refractivity contribution is 5.72. The standard InChI is InChI=1S/C26H23F3N2O/c1-18-16-21(19-10-12-22(13-11-19)26(27,28)29)17-23(30-18)25-9-5-8-24(31(25)14-15-32)20-6-3-2-4-7-20/h2-13,16-17,24,32H,14-15H2,1H3. The number of aromatic nitrogens is 1. The largest absolute Gasteiger partial charge is 0.416 e. The van der Waals surface area contributed by atoms with Gasteiger partial charge in [0.15, 0.2) is 0 Å². The molecule has 1 aliphatic heterocycles. The smallest absolute Gasteiger partial charge is 0.395 e. The number of rotatable bonds is 5. The van der Waals surface area contributed by atoms with E-state index in [0.29, 0.717) is 17.8 Å². The summed E-state index contributed by atoms with van der Waals surface area (Å²) in [5.74, 6) is 0. The molecule has 0 amide bonds. The summed E-state index contributed by atoms with van der Waals surface area (Å²) in [6, 6.07) is 18.8. The van der Waals surface area contributed by atoms with Crippen LogP contribution in [-0.4, -0.2) is 28.1 Å². The van der Waals surface area contributed by atoms with E-state index in [1.807, 2.05) is 61.5 Å². The van der Waals surface area contributed by atoms with Gasteiger partial charge in [-0.1, -0.05) is 54.6 Å². The van der Waals surface area contributed by atoms with Crippen LogP contribution >= 0.6 is 0 Å². The molecule has 0 bridgehead atoms. The first-order valence-electron chi connectivity index (χ1n) is 10.3. The average molecular weight is 436 g/mol. The molecule has 1 aromatic heterocycles. The van der Waals surface area contributed by atoms with Gasteiger partial charge in [0.05, 0.1) is 29.6 Å². The number of β-amino-alcohol motifs (C(OH)–C–C–N with tert-alkyl or cyclic N) is 1. The van der Waals surface area contributed by atoms with E-state index in [-0.39, 0.29) is 12.6 Å². The van der Waals surface area contributed by atoms with Crippen molar-refractivity contribution in [2.24, 2.45) is 0 Å². The van der Waals surface area contributed by atoms with Crippen LogP contribution in [-0.2, 0) is 6.18 Å². The first-order valence-corrected chi connectivity index (χ1v) is 10.3. The Morgan fingerprint density at radius 3 is 2.34 bits per heavy atom. The van der Waals surface area contributed by atoms with Crippen LogP contribution in [0.5, 0.6) is 0 Å². The molecule has 1 unspecified atom stereocenters. The fraction of sp³-hybridized carbons (Fsp3) is 0.192. The monoisotopic (exact) mass is 436 g/mol. The lowest BCUT2D eigenvalue weighted by Gasteiger charge is -2.35. The van der Waals surface area contributed by atoms with Crippen molar-refractivity contribution in [2.75, 3.05) is 13.2 Å². The van der Waals surface area contributed by atoms with E-state index in [0.717, 1.165) is 34.7 Å². The number of allylic oxidation sites excluding steroid dienone is 2. The SMILES string of the molecule is Cc1cc(-c2ccc(C(F)(F)F)cc2)cc(C2=CC=CC(c3ccccc3)N2CCO)n1. The maximum Gasteiger partial charge on any atom is 0.416 e. The lowest BCUT2D eigenvalue weighted by Crippen LogP contribution is -2.31. The molecule has 1 aliphatic rings. The van der Waals surface area contributed by atoms with Gasteiger partial charge in [-0.3, -0.25) is 4.98 Å². The second-order valence-corrected chi connectivity index (χ2v) is 7.67. The molecular formula is C26H23F3N2O. The number of aliphatic hydroxyl groups is 1. The highest BCUT2D eigenvalue weighted by atomic mass is 19.4. The Kier molecular flexibility index (Phi) is 6.15. The fourth-order valence-corrected chi connectivity index (χ4v) is 3.96. The zero-order valence-corrected chi connectivity index (χ0v) is 17.6. The molecule has 2 aromatic carbocycles. The van der Waals surface area contributed by atoms with Crippen molar-refractivity contribution in [3.05, 3.63) is 107 Å². The summed E-state index contributed by atoms with van der Waals surface area (Å²) in [6.07, 6.45) is 1.63. The van der Waals surface area contributed by atoms with Gasteiger partial charge in [0.25, 0.3) is 0 Å². The number of aliphatic hydroxyl groups excluding tert-OH is 1. The molecule has 0 fully saturated rings. The summed E-state index contributed by atoms with van der Waals surface area (Å²) in [4.78, 5) is 6.79. The van der Waals surface area contributed by atoms with Crippen molar-refractivity contribution in [2.45, 2.75) is 19.1 Å². The highest BCUT2D eigenvalue weighted by Gasteiger charge is 2.30. The van der Waals surface area contributed by atoms with E-state index < -0.39 is 11.7 Å². The molecule has 0 aliphatic carbocycles. The number of nitrogens with zero attached hydrogens (tertiary/aromatic N) is 2. The molecule has 6 heteroatoms. The summed E-state index contributed by atoms with van der Waals surface area (Å²) < 4.78 is 38.8. The molecule has 1 N–H and O–H groups in total. The first-order chi connectivity index (χ1) is 15.4. The number of halogens is 3. The van der Waals surface area contributed by atoms with E-state index >= 15 is 0 Å². The summed E-state index contributed by atoms with van der Waals surface area (Å²) >= 11 is 0. The number of hydrogen-bond acceptors (Lipinski definition) is 3. The van der Waals surface area contributed by atoms with Gasteiger partial charge in [-0.15, -0.1) is 0 Å². The quantitative estimate of drug-likeness (QED) is 0.531. The van der Waals surface area contributed by atoms with Crippen molar-refractivity contribution in [1.29, 1.82) is 0 Å². The third-order valence-corrected chi connectivity index (χ3v) is 5.44. The number of pyridine rings is 1. The number of alkyl halides is 3. The van der Waals surface area contributed by atoms with Crippen molar-refractivity contribution < 1.29 is 18.3 Å². The zero-order valence-electron chi connectivity index (χ0n) is 17.6. The molecule has 32 heavy (non-hydrogen) atoms. The third kappa shape index (κ3) is 4.60. The summed E-state index contributed by atoms with van der Waals surface area (Å²) in [7, 11) is 0. The first kappa shape index (κ1) is 21.8. The van der Waals surface area contributed by atoms with Crippen LogP contribution in [0.1, 0.15) is 28.6 Å². The summed E-state index contributed by atoms with van der Waals surface area (Å²) in [6.45, 7) is 2.26. The van der Waals surface area contributed by atoms with Gasteiger partial charge >= 0.3 is 6.18 Å². The van der Waals surface area contributed by atoms with Crippen LogP contribution in [0.2, 0.25) is 0 Å². The molecule has 164 valence electrons. The van der Waals surface area contributed by atoms with Crippen molar-refractivity contribution in [1.82, 2.24) is 9.88 Å². The predicted octanol–water partition coefficient (Wildman–Crippen LogP) is 6.02. The number of aryl methyl sites for hydroxylation is 1. The van der Waals surface area contributed by atoms with Gasteiger partial charge in [-0.05, 0) is 54.0 Å². The molecule has 0 saturated carbocycles. The Bertz CT molecular complexity index is 1140. The van der Waals surface area contributed by atoms with Crippen LogP contribution in [0.15, 0.2) is 85.0 Å². The van der Waals surface area contributed by atoms with Crippen LogP contribution in [0.3, 0.4) is 0 Å². The van der Waals surface area contributed by atoms with E-state index in [9.17, 15) is 18.3 Å². The summed E-state index contributed by atoms with van der Waals surface area (Å²) in [5, 5.41) is 9.72. The van der Waals surface area contributed by atoms with Crippen LogP contribution in [0, 0.1) is 6.92 Å². The van der Waals surface area contributed by atoms with Gasteiger partial charge < -0.3 is 10.0 Å². The molecule has 3 aromatic rings. The maximum atomic E-state index is 12.9. The Balaban J connectivity index is 1.72. The Labute approximate surface area is 185 Å². The zero-order chi connectivity index (χ0) is 22.7. The maximum absolute atomic E-state index is 12.9. The Morgan fingerprint density at radius 2 is 1.69 bits per heavy atom. The van der Waals surface area contributed by atoms with Gasteiger partial charge in [0.2, 0.25) is 0 Å². The van der Waals surface area contributed by atoms with Gasteiger partial charge in [-0.2, -0.15) is 13.2 Å². The molecule has 4 rings (SSSR count). The molecule has 2 heterocycles. The van der Waals surface area contributed by atoms with Crippen molar-refractivity contribution in [3.63, 3.8) is 0 Å². The van der Waals surface area contributed by atoms with E-state index in [2.05, 4.69) is 11.0 Å². The second kappa shape index (κ2) is 9.01. The van der Waals surface area contributed by atoms with Gasteiger partial charge in [0.1, 0.15) is 0 Å². The molecule has 0 saturated heterocycles. The van der Waals surface area contributed by atoms with Gasteiger partial charge in [0, 0.05) is 12.2 Å². The van der Waals surface area contributed by atoms with Crippen LogP contribution in [0.25, 0.3) is 16.8 Å². The highest BCUT2D eigenvalue weighted by Crippen LogP contribution is 2.35. The topological polar surface area (TPSA) is 36.4 Å². The molecule has 3 nitrogen and oxygen atoms in total. The molecule has 1 atom stereocenters. The summed E-state index contributed by atoms with van der Waals surface area (Å²) in [5.41, 5.74) is 4.21. The number of hydrogen-bond donors (Lipinski definition) is 1. The van der Waals surface area contributed by atoms with E-state index in [1.165, 1.54) is 12.1 Å². The minimum Gasteiger partial charge on any atom is -0.395 e. The predicted molar refractivity (Wildman–Crippen MR) is 120 cm³/mol. The fourth-order valence-electron chi connectivity index (χ4n) is 3.96. The molecule has 0 spiro atoms. The lowest BCUT2D eigenvalue weighted by molar-refractivity contribution is -0.137. The van der Waals surface area contributed by atoms with Crippen molar-refractivity contribution in [3.8, 4) is 11.1 Å². The third-order valence-electron chi connectivity index (χ3n) is 5.44. The lowest BCUT2D eigenvalue weighted by atomic mass is 9.98. The van der Waals surface area contributed by atoms with Crippen molar-refractivity contribution >= 4 is 5.70 Å². The second-order valence-electron chi connectivity index (χ2n) is 7.67.